The second-order valence-electron chi connectivity index (χ2n) is 5.75. The van der Waals surface area contributed by atoms with Gasteiger partial charge in [0.25, 0.3) is 0 Å². The van der Waals surface area contributed by atoms with E-state index in [0.717, 1.165) is 18.9 Å². The van der Waals surface area contributed by atoms with Gasteiger partial charge in [-0.25, -0.2) is 17.5 Å². The zero-order valence-electron chi connectivity index (χ0n) is 12.1. The number of benzene rings is 1. The van der Waals surface area contributed by atoms with Crippen LogP contribution in [0, 0.1) is 23.6 Å². The van der Waals surface area contributed by atoms with Crippen LogP contribution >= 0.6 is 0 Å². The molecule has 0 amide bonds. The molecule has 2 rings (SSSR count). The lowest BCUT2D eigenvalue weighted by atomic mass is 10.0. The van der Waals surface area contributed by atoms with Crippen LogP contribution in [-0.4, -0.2) is 20.5 Å². The number of nitrogens with two attached hydrogens (primary N) is 1. The Morgan fingerprint density at radius 1 is 1.43 bits per heavy atom. The molecular weight excluding hydrogens is 291 g/mol. The molecule has 0 heterocycles. The van der Waals surface area contributed by atoms with E-state index in [9.17, 15) is 12.8 Å². The van der Waals surface area contributed by atoms with Gasteiger partial charge in [-0.3, -0.25) is 0 Å². The average Bonchev–Trinajstić information content (AvgIpc) is 3.20. The van der Waals surface area contributed by atoms with Gasteiger partial charge >= 0.3 is 0 Å². The van der Waals surface area contributed by atoms with E-state index in [1.807, 2.05) is 13.8 Å². The summed E-state index contributed by atoms with van der Waals surface area (Å²) in [6, 6.07) is 3.71. The first-order valence-electron chi connectivity index (χ1n) is 6.79. The van der Waals surface area contributed by atoms with E-state index in [4.69, 9.17) is 5.73 Å². The Labute approximate surface area is 125 Å². The van der Waals surface area contributed by atoms with Gasteiger partial charge in [0.15, 0.2) is 0 Å². The number of nitrogens with one attached hydrogen (secondary N) is 1. The van der Waals surface area contributed by atoms with Crippen LogP contribution in [0.25, 0.3) is 0 Å². The topological polar surface area (TPSA) is 72.2 Å². The largest absolute Gasteiger partial charge is 0.320 e. The van der Waals surface area contributed by atoms with E-state index in [-0.39, 0.29) is 17.0 Å². The maximum atomic E-state index is 13.9. The van der Waals surface area contributed by atoms with Crippen LogP contribution < -0.4 is 10.5 Å². The fourth-order valence-electron chi connectivity index (χ4n) is 2.20. The summed E-state index contributed by atoms with van der Waals surface area (Å²) in [5.41, 5.74) is 4.85. The molecule has 1 fully saturated rings. The first kappa shape index (κ1) is 16.0. The molecule has 4 nitrogen and oxygen atoms in total. The fourth-order valence-corrected chi connectivity index (χ4v) is 3.69. The minimum Gasteiger partial charge on any atom is -0.320 e. The maximum absolute atomic E-state index is 13.9. The Balaban J connectivity index is 2.26. The van der Waals surface area contributed by atoms with Crippen molar-refractivity contribution in [3.05, 3.63) is 29.6 Å². The van der Waals surface area contributed by atoms with Gasteiger partial charge in [0.1, 0.15) is 5.82 Å². The molecule has 3 N–H and O–H groups in total. The molecule has 1 aliphatic carbocycles. The molecule has 6 heteroatoms. The second-order valence-corrected chi connectivity index (χ2v) is 7.43. The lowest BCUT2D eigenvalue weighted by Gasteiger charge is -2.25. The van der Waals surface area contributed by atoms with Gasteiger partial charge in [0.2, 0.25) is 10.0 Å². The third-order valence-electron chi connectivity index (χ3n) is 3.57. The molecule has 1 aromatic carbocycles. The highest BCUT2D eigenvalue weighted by atomic mass is 32.2. The van der Waals surface area contributed by atoms with Crippen molar-refractivity contribution >= 4 is 10.0 Å². The van der Waals surface area contributed by atoms with Gasteiger partial charge < -0.3 is 5.73 Å². The van der Waals surface area contributed by atoms with Crippen LogP contribution in [0.4, 0.5) is 4.39 Å². The Kier molecular flexibility index (Phi) is 4.38. The molecule has 1 aromatic rings. The summed E-state index contributed by atoms with van der Waals surface area (Å²) in [4.78, 5) is -0.0907. The monoisotopic (exact) mass is 310 g/mol. The van der Waals surface area contributed by atoms with Gasteiger partial charge in [0, 0.05) is 5.54 Å². The molecule has 114 valence electrons. The molecule has 0 atom stereocenters. The Bertz CT molecular complexity index is 698. The Hall–Kier alpha value is -1.42. The molecule has 0 saturated heterocycles. The molecule has 0 spiro atoms. The van der Waals surface area contributed by atoms with Gasteiger partial charge in [-0.05, 0) is 50.8 Å². The van der Waals surface area contributed by atoms with Gasteiger partial charge in [-0.2, -0.15) is 0 Å². The highest BCUT2D eigenvalue weighted by Crippen LogP contribution is 2.39. The quantitative estimate of drug-likeness (QED) is 0.830. The van der Waals surface area contributed by atoms with E-state index in [1.54, 1.807) is 0 Å². The standard InChI is InChI=1S/C15H19FN2O2S/c1-15(2,12-6-7-12)18-21(19,20)13-8-5-11(4-3-9-17)14(16)10-13/h5,8,10,12,18H,6-7,9,17H2,1-2H3. The van der Waals surface area contributed by atoms with Crippen molar-refractivity contribution in [2.24, 2.45) is 11.7 Å². The average molecular weight is 310 g/mol. The predicted molar refractivity (Wildman–Crippen MR) is 79.5 cm³/mol. The lowest BCUT2D eigenvalue weighted by molar-refractivity contribution is 0.400. The number of halogens is 1. The van der Waals surface area contributed by atoms with Crippen LogP contribution in [0.1, 0.15) is 32.3 Å². The van der Waals surface area contributed by atoms with Gasteiger partial charge in [-0.1, -0.05) is 11.8 Å². The summed E-state index contributed by atoms with van der Waals surface area (Å²) in [6.07, 6.45) is 2.02. The molecule has 1 saturated carbocycles. The van der Waals surface area contributed by atoms with Crippen LogP contribution in [0.2, 0.25) is 0 Å². The summed E-state index contributed by atoms with van der Waals surface area (Å²) in [7, 11) is -3.75. The molecule has 0 unspecified atom stereocenters. The van der Waals surface area contributed by atoms with Crippen LogP contribution in [-0.2, 0) is 10.0 Å². The summed E-state index contributed by atoms with van der Waals surface area (Å²) < 4.78 is 41.2. The van der Waals surface area contributed by atoms with E-state index >= 15 is 0 Å². The first-order chi connectivity index (χ1) is 9.76. The minimum absolute atomic E-state index is 0.0907. The molecule has 0 aliphatic heterocycles. The summed E-state index contributed by atoms with van der Waals surface area (Å²) in [5.74, 6) is 4.78. The maximum Gasteiger partial charge on any atom is 0.241 e. The number of hydrogen-bond donors (Lipinski definition) is 2. The Morgan fingerprint density at radius 3 is 2.62 bits per heavy atom. The van der Waals surface area contributed by atoms with Crippen molar-refractivity contribution in [2.75, 3.05) is 6.54 Å². The zero-order chi connectivity index (χ0) is 15.7. The van der Waals surface area contributed by atoms with Crippen molar-refractivity contribution in [3.63, 3.8) is 0 Å². The number of rotatable bonds is 4. The van der Waals surface area contributed by atoms with Crippen LogP contribution in [0.3, 0.4) is 0 Å². The molecule has 0 radical (unpaired) electrons. The van der Waals surface area contributed by atoms with Crippen LogP contribution in [0.15, 0.2) is 23.1 Å². The van der Waals surface area contributed by atoms with Crippen molar-refractivity contribution in [2.45, 2.75) is 37.1 Å². The SMILES string of the molecule is CC(C)(NS(=O)(=O)c1ccc(C#CCN)c(F)c1)C1CC1. The van der Waals surface area contributed by atoms with Crippen molar-refractivity contribution in [1.29, 1.82) is 0 Å². The molecule has 21 heavy (non-hydrogen) atoms. The molecular formula is C15H19FN2O2S. The van der Waals surface area contributed by atoms with Crippen molar-refractivity contribution < 1.29 is 12.8 Å². The van der Waals surface area contributed by atoms with E-state index in [1.165, 1.54) is 12.1 Å². The van der Waals surface area contributed by atoms with E-state index < -0.39 is 21.4 Å². The summed E-state index contributed by atoms with van der Waals surface area (Å²) >= 11 is 0. The lowest BCUT2D eigenvalue weighted by Crippen LogP contribution is -2.45. The minimum atomic E-state index is -3.75. The zero-order valence-corrected chi connectivity index (χ0v) is 12.9. The van der Waals surface area contributed by atoms with Gasteiger partial charge in [0.05, 0.1) is 17.0 Å². The second kappa shape index (κ2) is 5.76. The third-order valence-corrected chi connectivity index (χ3v) is 5.24. The highest BCUT2D eigenvalue weighted by Gasteiger charge is 2.40. The highest BCUT2D eigenvalue weighted by molar-refractivity contribution is 7.89. The van der Waals surface area contributed by atoms with Crippen LogP contribution in [0.5, 0.6) is 0 Å². The molecule has 1 aliphatic rings. The first-order valence-corrected chi connectivity index (χ1v) is 8.27. The third kappa shape index (κ3) is 3.82. The normalized spacial score (nSPS) is 15.4. The number of sulfonamides is 1. The predicted octanol–water partition coefficient (Wildman–Crippen LogP) is 1.60. The van der Waals surface area contributed by atoms with Crippen molar-refractivity contribution in [3.8, 4) is 11.8 Å². The van der Waals surface area contributed by atoms with Crippen molar-refractivity contribution in [1.82, 2.24) is 4.72 Å². The van der Waals surface area contributed by atoms with E-state index in [0.29, 0.717) is 5.92 Å². The van der Waals surface area contributed by atoms with Gasteiger partial charge in [-0.15, -0.1) is 0 Å². The Morgan fingerprint density at radius 2 is 2.10 bits per heavy atom. The summed E-state index contributed by atoms with van der Waals surface area (Å²) in [5, 5.41) is 0. The molecule has 0 aromatic heterocycles. The fraction of sp³-hybridized carbons (Fsp3) is 0.467. The smallest absolute Gasteiger partial charge is 0.241 e. The summed E-state index contributed by atoms with van der Waals surface area (Å²) in [6.45, 7) is 3.82. The number of hydrogen-bond acceptors (Lipinski definition) is 3. The van der Waals surface area contributed by atoms with E-state index in [2.05, 4.69) is 16.6 Å². The molecule has 0 bridgehead atoms.